The molecule has 2 fully saturated rings. The van der Waals surface area contributed by atoms with Crippen LogP contribution in [-0.2, 0) is 17.6 Å². The summed E-state index contributed by atoms with van der Waals surface area (Å²) in [6, 6.07) is 15.1. The van der Waals surface area contributed by atoms with E-state index in [9.17, 15) is 4.79 Å². The molecule has 2 aliphatic rings. The van der Waals surface area contributed by atoms with Crippen LogP contribution in [0.1, 0.15) is 24.0 Å². The van der Waals surface area contributed by atoms with E-state index in [0.29, 0.717) is 24.3 Å². The van der Waals surface area contributed by atoms with Crippen LogP contribution in [-0.4, -0.2) is 41.5 Å². The van der Waals surface area contributed by atoms with Crippen molar-refractivity contribution in [3.05, 3.63) is 66.0 Å². The molecule has 2 aromatic rings. The van der Waals surface area contributed by atoms with Gasteiger partial charge in [0.15, 0.2) is 0 Å². The Kier molecular flexibility index (Phi) is 5.80. The van der Waals surface area contributed by atoms with Crippen molar-refractivity contribution in [1.82, 2.24) is 20.7 Å². The monoisotopic (exact) mass is 364 g/mol. The number of likely N-dealkylation sites (tertiary alicyclic amines) is 1. The Morgan fingerprint density at radius 2 is 1.85 bits per heavy atom. The second-order valence-electron chi connectivity index (χ2n) is 7.76. The number of nitrogens with one attached hydrogen (secondary N) is 2. The summed E-state index contributed by atoms with van der Waals surface area (Å²) in [4.78, 5) is 18.7. The van der Waals surface area contributed by atoms with Crippen LogP contribution < -0.4 is 10.9 Å². The number of rotatable bonds is 5. The van der Waals surface area contributed by atoms with Crippen molar-refractivity contribution in [1.29, 1.82) is 0 Å². The summed E-state index contributed by atoms with van der Waals surface area (Å²) in [5, 5.41) is 0. The maximum atomic E-state index is 12.6. The van der Waals surface area contributed by atoms with Crippen LogP contribution in [0.15, 0.2) is 54.9 Å². The van der Waals surface area contributed by atoms with E-state index in [-0.39, 0.29) is 5.91 Å². The number of nitrogens with zero attached hydrogens (tertiary/aromatic N) is 2. The number of hydrogen-bond acceptors (Lipinski definition) is 4. The number of amides is 1. The van der Waals surface area contributed by atoms with Crippen LogP contribution in [0.5, 0.6) is 0 Å². The number of carbonyl (C=O) groups is 1. The number of benzene rings is 1. The number of carbonyl (C=O) groups excluding carboxylic acids is 1. The molecule has 0 radical (unpaired) electrons. The molecule has 142 valence electrons. The smallest absolute Gasteiger partial charge is 0.227 e. The predicted octanol–water partition coefficient (Wildman–Crippen LogP) is 2.20. The van der Waals surface area contributed by atoms with Gasteiger partial charge in [-0.3, -0.25) is 20.6 Å². The molecule has 2 saturated heterocycles. The molecular formula is C22H28N4O. The minimum Gasteiger partial charge on any atom is -0.342 e. The van der Waals surface area contributed by atoms with Crippen LogP contribution in [0.4, 0.5) is 0 Å². The predicted molar refractivity (Wildman–Crippen MR) is 106 cm³/mol. The van der Waals surface area contributed by atoms with Crippen molar-refractivity contribution >= 4 is 5.91 Å². The molecule has 2 aliphatic heterocycles. The standard InChI is InChI=1S/C22H28N4O/c27-21(14-18-7-4-10-23-15-18)26-11-8-19(9-12-26)22-20(16-24-25-22)13-17-5-2-1-3-6-17/h1-7,10,15,19-20,22,24-25H,8-9,11-14,16H2. The van der Waals surface area contributed by atoms with Crippen LogP contribution in [0, 0.1) is 11.8 Å². The van der Waals surface area contributed by atoms with Gasteiger partial charge in [0.1, 0.15) is 0 Å². The maximum absolute atomic E-state index is 12.6. The van der Waals surface area contributed by atoms with Crippen molar-refractivity contribution < 1.29 is 4.79 Å². The van der Waals surface area contributed by atoms with Gasteiger partial charge in [0.25, 0.3) is 0 Å². The Bertz CT molecular complexity index is 728. The van der Waals surface area contributed by atoms with E-state index < -0.39 is 0 Å². The lowest BCUT2D eigenvalue weighted by Gasteiger charge is -2.36. The number of hydrazine groups is 1. The van der Waals surface area contributed by atoms with E-state index in [1.165, 1.54) is 5.56 Å². The van der Waals surface area contributed by atoms with Crippen molar-refractivity contribution in [3.8, 4) is 0 Å². The third-order valence-electron chi connectivity index (χ3n) is 5.96. The number of piperidine rings is 1. The highest BCUT2D eigenvalue weighted by molar-refractivity contribution is 5.78. The fraction of sp³-hybridized carbons (Fsp3) is 0.455. The molecule has 27 heavy (non-hydrogen) atoms. The fourth-order valence-corrected chi connectivity index (χ4v) is 4.47. The molecule has 2 unspecified atom stereocenters. The lowest BCUT2D eigenvalue weighted by molar-refractivity contribution is -0.132. The van der Waals surface area contributed by atoms with Gasteiger partial charge in [-0.15, -0.1) is 0 Å². The van der Waals surface area contributed by atoms with Crippen LogP contribution >= 0.6 is 0 Å². The molecule has 0 bridgehead atoms. The maximum Gasteiger partial charge on any atom is 0.227 e. The molecule has 1 amide bonds. The van der Waals surface area contributed by atoms with Gasteiger partial charge in [0.2, 0.25) is 5.91 Å². The minimum atomic E-state index is 0.222. The summed E-state index contributed by atoms with van der Waals surface area (Å²) in [5.74, 6) is 1.45. The first-order chi connectivity index (χ1) is 13.3. The topological polar surface area (TPSA) is 57.3 Å². The second kappa shape index (κ2) is 8.63. The largest absolute Gasteiger partial charge is 0.342 e. The first-order valence-electron chi connectivity index (χ1n) is 9.98. The van der Waals surface area contributed by atoms with Gasteiger partial charge in [-0.25, -0.2) is 0 Å². The Hall–Kier alpha value is -2.24. The highest BCUT2D eigenvalue weighted by Gasteiger charge is 2.36. The van der Waals surface area contributed by atoms with Gasteiger partial charge in [0, 0.05) is 38.1 Å². The van der Waals surface area contributed by atoms with Gasteiger partial charge in [-0.2, -0.15) is 0 Å². The van der Waals surface area contributed by atoms with E-state index in [0.717, 1.165) is 44.5 Å². The van der Waals surface area contributed by atoms with E-state index >= 15 is 0 Å². The molecule has 1 aromatic heterocycles. The molecule has 0 aliphatic carbocycles. The van der Waals surface area contributed by atoms with E-state index in [2.05, 4.69) is 46.2 Å². The lowest BCUT2D eigenvalue weighted by atomic mass is 9.81. The third kappa shape index (κ3) is 4.54. The lowest BCUT2D eigenvalue weighted by Crippen LogP contribution is -2.46. The highest BCUT2D eigenvalue weighted by Crippen LogP contribution is 2.28. The van der Waals surface area contributed by atoms with Gasteiger partial charge in [0.05, 0.1) is 6.42 Å². The zero-order valence-electron chi connectivity index (χ0n) is 15.7. The Balaban J connectivity index is 1.30. The van der Waals surface area contributed by atoms with E-state index in [1.54, 1.807) is 12.4 Å². The molecule has 0 spiro atoms. The van der Waals surface area contributed by atoms with Crippen LogP contribution in [0.3, 0.4) is 0 Å². The third-order valence-corrected chi connectivity index (χ3v) is 5.96. The number of pyridine rings is 1. The molecule has 2 atom stereocenters. The van der Waals surface area contributed by atoms with Crippen molar-refractivity contribution in [2.75, 3.05) is 19.6 Å². The molecule has 3 heterocycles. The summed E-state index contributed by atoms with van der Waals surface area (Å²) >= 11 is 0. The van der Waals surface area contributed by atoms with Crippen molar-refractivity contribution in [3.63, 3.8) is 0 Å². The molecule has 2 N–H and O–H groups in total. The van der Waals surface area contributed by atoms with Crippen molar-refractivity contribution in [2.24, 2.45) is 11.8 Å². The van der Waals surface area contributed by atoms with E-state index in [4.69, 9.17) is 0 Å². The van der Waals surface area contributed by atoms with E-state index in [1.807, 2.05) is 17.0 Å². The van der Waals surface area contributed by atoms with Gasteiger partial charge >= 0.3 is 0 Å². The SMILES string of the molecule is O=C(Cc1cccnc1)N1CCC(C2NNCC2Cc2ccccc2)CC1. The zero-order chi connectivity index (χ0) is 18.5. The minimum absolute atomic E-state index is 0.222. The highest BCUT2D eigenvalue weighted by atomic mass is 16.2. The Morgan fingerprint density at radius 3 is 2.59 bits per heavy atom. The first kappa shape index (κ1) is 18.1. The molecular weight excluding hydrogens is 336 g/mol. The molecule has 1 aromatic carbocycles. The molecule has 5 heteroatoms. The Labute approximate surface area is 161 Å². The molecule has 5 nitrogen and oxygen atoms in total. The van der Waals surface area contributed by atoms with Gasteiger partial charge in [-0.05, 0) is 48.3 Å². The van der Waals surface area contributed by atoms with Crippen LogP contribution in [0.2, 0.25) is 0 Å². The molecule has 4 rings (SSSR count). The average molecular weight is 364 g/mol. The fourth-order valence-electron chi connectivity index (χ4n) is 4.47. The summed E-state index contributed by atoms with van der Waals surface area (Å²) in [7, 11) is 0. The van der Waals surface area contributed by atoms with Crippen molar-refractivity contribution in [2.45, 2.75) is 31.7 Å². The summed E-state index contributed by atoms with van der Waals surface area (Å²) < 4.78 is 0. The summed E-state index contributed by atoms with van der Waals surface area (Å²) in [6.07, 6.45) is 7.23. The second-order valence-corrected chi connectivity index (χ2v) is 7.76. The van der Waals surface area contributed by atoms with Crippen LogP contribution in [0.25, 0.3) is 0 Å². The summed E-state index contributed by atoms with van der Waals surface area (Å²) in [6.45, 7) is 2.74. The number of hydrogen-bond donors (Lipinski definition) is 2. The number of aromatic nitrogens is 1. The zero-order valence-corrected chi connectivity index (χ0v) is 15.7. The normalized spacial score (nSPS) is 23.5. The first-order valence-corrected chi connectivity index (χ1v) is 9.98. The van der Waals surface area contributed by atoms with Gasteiger partial charge in [-0.1, -0.05) is 36.4 Å². The quantitative estimate of drug-likeness (QED) is 0.854. The average Bonchev–Trinajstić information content (AvgIpc) is 3.18. The van der Waals surface area contributed by atoms with Gasteiger partial charge < -0.3 is 4.90 Å². The molecule has 0 saturated carbocycles. The Morgan fingerprint density at radius 1 is 1.07 bits per heavy atom. The summed E-state index contributed by atoms with van der Waals surface area (Å²) in [5.41, 5.74) is 9.29.